The van der Waals surface area contributed by atoms with Crippen molar-refractivity contribution in [1.29, 1.82) is 5.26 Å². The van der Waals surface area contributed by atoms with E-state index in [2.05, 4.69) is 19.9 Å². The number of ether oxygens (including phenoxy) is 2. The van der Waals surface area contributed by atoms with Gasteiger partial charge < -0.3 is 9.47 Å². The van der Waals surface area contributed by atoms with Crippen molar-refractivity contribution < 1.29 is 19.1 Å². The van der Waals surface area contributed by atoms with Gasteiger partial charge in [-0.15, -0.1) is 0 Å². The highest BCUT2D eigenvalue weighted by atomic mass is 16.5. The average Bonchev–Trinajstić information content (AvgIpc) is 2.49. The molecule has 2 unspecified atom stereocenters. The number of nitriles is 1. The maximum Gasteiger partial charge on any atom is 0.327 e. The summed E-state index contributed by atoms with van der Waals surface area (Å²) in [6.45, 7) is 12.0. The molecule has 0 aromatic rings. The molecule has 0 aromatic heterocycles. The van der Waals surface area contributed by atoms with Gasteiger partial charge in [-0.3, -0.25) is 9.59 Å². The van der Waals surface area contributed by atoms with Crippen LogP contribution in [-0.4, -0.2) is 25.2 Å². The lowest BCUT2D eigenvalue weighted by atomic mass is 9.69. The minimum Gasteiger partial charge on any atom is -0.466 e. The van der Waals surface area contributed by atoms with E-state index >= 15 is 0 Å². The Morgan fingerprint density at radius 1 is 1.04 bits per heavy atom. The summed E-state index contributed by atoms with van der Waals surface area (Å²) in [5.74, 6) is -1.25. The molecule has 0 aliphatic carbocycles. The number of hydrogen-bond acceptors (Lipinski definition) is 5. The molecule has 0 rings (SSSR count). The Morgan fingerprint density at radius 3 is 2.04 bits per heavy atom. The molecule has 0 aliphatic heterocycles. The van der Waals surface area contributed by atoms with Crippen LogP contribution in [0.4, 0.5) is 0 Å². The molecule has 0 radical (unpaired) electrons. The number of hydrogen-bond donors (Lipinski definition) is 0. The van der Waals surface area contributed by atoms with E-state index in [1.165, 1.54) is 0 Å². The van der Waals surface area contributed by atoms with Crippen LogP contribution in [0.5, 0.6) is 0 Å². The van der Waals surface area contributed by atoms with Crippen LogP contribution in [0.15, 0.2) is 0 Å². The monoisotopic (exact) mass is 339 g/mol. The molecule has 5 heteroatoms. The summed E-state index contributed by atoms with van der Waals surface area (Å²) in [5, 5.41) is 9.88. The summed E-state index contributed by atoms with van der Waals surface area (Å²) in [7, 11) is 0. The summed E-state index contributed by atoms with van der Waals surface area (Å²) in [4.78, 5) is 25.2. The Kier molecular flexibility index (Phi) is 10.3. The van der Waals surface area contributed by atoms with Crippen molar-refractivity contribution in [3.05, 3.63) is 0 Å². The van der Waals surface area contributed by atoms with Crippen molar-refractivity contribution in [3.8, 4) is 6.07 Å². The van der Waals surface area contributed by atoms with E-state index in [9.17, 15) is 14.9 Å². The quantitative estimate of drug-likeness (QED) is 0.529. The molecular weight excluding hydrogens is 306 g/mol. The predicted octanol–water partition coefficient (Wildman–Crippen LogP) is 4.11. The van der Waals surface area contributed by atoms with E-state index in [1.807, 2.05) is 13.8 Å². The van der Waals surface area contributed by atoms with Gasteiger partial charge in [0.25, 0.3) is 0 Å². The summed E-state index contributed by atoms with van der Waals surface area (Å²) in [5.41, 5.74) is -1.47. The first-order valence-corrected chi connectivity index (χ1v) is 9.00. The Labute approximate surface area is 146 Å². The second kappa shape index (κ2) is 11.1. The first-order chi connectivity index (χ1) is 11.2. The van der Waals surface area contributed by atoms with Crippen molar-refractivity contribution in [2.75, 3.05) is 13.2 Å². The van der Waals surface area contributed by atoms with Gasteiger partial charge in [-0.25, -0.2) is 0 Å². The van der Waals surface area contributed by atoms with E-state index in [-0.39, 0.29) is 19.1 Å². The average molecular weight is 339 g/mol. The molecule has 24 heavy (non-hydrogen) atoms. The third kappa shape index (κ3) is 6.51. The second-order valence-corrected chi connectivity index (χ2v) is 7.02. The number of carbonyl (C=O) groups is 2. The minimum absolute atomic E-state index is 0.159. The number of carbonyl (C=O) groups excluding carboxylic acids is 2. The zero-order chi connectivity index (χ0) is 18.8. The minimum atomic E-state index is -1.47. The van der Waals surface area contributed by atoms with Crippen LogP contribution < -0.4 is 0 Å². The molecule has 5 nitrogen and oxygen atoms in total. The van der Waals surface area contributed by atoms with E-state index in [0.29, 0.717) is 25.2 Å². The van der Waals surface area contributed by atoms with Crippen LogP contribution >= 0.6 is 0 Å². The third-order valence-corrected chi connectivity index (χ3v) is 4.06. The smallest absolute Gasteiger partial charge is 0.327 e. The maximum atomic E-state index is 12.7. The van der Waals surface area contributed by atoms with E-state index in [0.717, 1.165) is 6.42 Å². The van der Waals surface area contributed by atoms with Crippen LogP contribution in [0.3, 0.4) is 0 Å². The van der Waals surface area contributed by atoms with Crippen LogP contribution in [0.25, 0.3) is 0 Å². The molecule has 0 fully saturated rings. The van der Waals surface area contributed by atoms with Gasteiger partial charge in [-0.1, -0.05) is 40.5 Å². The zero-order valence-corrected chi connectivity index (χ0v) is 16.1. The van der Waals surface area contributed by atoms with Crippen LogP contribution in [-0.2, 0) is 19.1 Å². The third-order valence-electron chi connectivity index (χ3n) is 4.06. The molecule has 0 amide bonds. The zero-order valence-electron chi connectivity index (χ0n) is 16.1. The highest BCUT2D eigenvalue weighted by Gasteiger charge is 2.51. The number of esters is 2. The second-order valence-electron chi connectivity index (χ2n) is 7.02. The van der Waals surface area contributed by atoms with Gasteiger partial charge in [0.05, 0.1) is 25.2 Å². The topological polar surface area (TPSA) is 76.4 Å². The standard InChI is InChI=1S/C19H33NO4/c1-7-23-17(21)16(12-15(5)6)19(13-20,18(22)24-8-2)11-9-10-14(3)4/h14-16H,7-12H2,1-6H3. The molecule has 0 aliphatic rings. The normalized spacial score (nSPS) is 14.8. The molecule has 138 valence electrons. The van der Waals surface area contributed by atoms with Crippen molar-refractivity contribution in [2.45, 2.75) is 67.2 Å². The van der Waals surface area contributed by atoms with Crippen LogP contribution in [0.2, 0.25) is 0 Å². The summed E-state index contributed by atoms with van der Waals surface area (Å²) >= 11 is 0. The van der Waals surface area contributed by atoms with Crippen molar-refractivity contribution in [2.24, 2.45) is 23.2 Å². The molecule has 0 aromatic carbocycles. The molecular formula is C19H33NO4. The Morgan fingerprint density at radius 2 is 1.62 bits per heavy atom. The Bertz CT molecular complexity index is 439. The molecule has 2 atom stereocenters. The first kappa shape index (κ1) is 22.4. The lowest BCUT2D eigenvalue weighted by molar-refractivity contribution is -0.166. The van der Waals surface area contributed by atoms with Gasteiger partial charge in [-0.2, -0.15) is 5.26 Å². The first-order valence-electron chi connectivity index (χ1n) is 9.00. The maximum absolute atomic E-state index is 12.7. The van der Waals surface area contributed by atoms with Gasteiger partial charge in [0.1, 0.15) is 0 Å². The molecule has 0 spiro atoms. The predicted molar refractivity (Wildman–Crippen MR) is 92.9 cm³/mol. The van der Waals surface area contributed by atoms with Gasteiger partial charge in [0.2, 0.25) is 0 Å². The van der Waals surface area contributed by atoms with Crippen LogP contribution in [0, 0.1) is 34.5 Å². The fourth-order valence-electron chi connectivity index (χ4n) is 2.86. The summed E-state index contributed by atoms with van der Waals surface area (Å²) < 4.78 is 10.3. The summed E-state index contributed by atoms with van der Waals surface area (Å²) in [6, 6.07) is 2.14. The number of nitrogens with zero attached hydrogens (tertiary/aromatic N) is 1. The fraction of sp³-hybridized carbons (Fsp3) is 0.842. The van der Waals surface area contributed by atoms with Gasteiger partial charge >= 0.3 is 11.9 Å². The molecule has 0 saturated heterocycles. The largest absolute Gasteiger partial charge is 0.466 e. The fourth-order valence-corrected chi connectivity index (χ4v) is 2.86. The Hall–Kier alpha value is -1.57. The van der Waals surface area contributed by atoms with Crippen LogP contribution in [0.1, 0.15) is 67.2 Å². The van der Waals surface area contributed by atoms with Crippen molar-refractivity contribution in [3.63, 3.8) is 0 Å². The van der Waals surface area contributed by atoms with E-state index in [1.54, 1.807) is 13.8 Å². The van der Waals surface area contributed by atoms with Crippen molar-refractivity contribution >= 4 is 11.9 Å². The van der Waals surface area contributed by atoms with Gasteiger partial charge in [0, 0.05) is 0 Å². The molecule has 0 heterocycles. The van der Waals surface area contributed by atoms with Crippen molar-refractivity contribution in [1.82, 2.24) is 0 Å². The summed E-state index contributed by atoms with van der Waals surface area (Å²) in [6.07, 6.45) is 2.32. The molecule has 0 N–H and O–H groups in total. The Balaban J connectivity index is 5.73. The lowest BCUT2D eigenvalue weighted by Gasteiger charge is -2.32. The molecule has 0 saturated carbocycles. The van der Waals surface area contributed by atoms with E-state index < -0.39 is 23.3 Å². The highest BCUT2D eigenvalue weighted by molar-refractivity contribution is 5.88. The lowest BCUT2D eigenvalue weighted by Crippen LogP contribution is -2.44. The highest BCUT2D eigenvalue weighted by Crippen LogP contribution is 2.39. The van der Waals surface area contributed by atoms with E-state index in [4.69, 9.17) is 9.47 Å². The number of rotatable bonds is 11. The van der Waals surface area contributed by atoms with Gasteiger partial charge in [-0.05, 0) is 38.5 Å². The SMILES string of the molecule is CCOC(=O)C(CC(C)C)C(C#N)(CCCC(C)C)C(=O)OCC. The van der Waals surface area contributed by atoms with Gasteiger partial charge in [0.15, 0.2) is 5.41 Å². The molecule has 0 bridgehead atoms.